The number of hydrogen-bond acceptors (Lipinski definition) is 3. The van der Waals surface area contributed by atoms with Crippen molar-refractivity contribution in [1.82, 2.24) is 0 Å². The van der Waals surface area contributed by atoms with Crippen LogP contribution in [0.5, 0.6) is 0 Å². The van der Waals surface area contributed by atoms with Gasteiger partial charge in [-0.15, -0.1) is 0 Å². The summed E-state index contributed by atoms with van der Waals surface area (Å²) in [5, 5.41) is 3.69. The van der Waals surface area contributed by atoms with Crippen LogP contribution in [-0.2, 0) is 14.8 Å². The van der Waals surface area contributed by atoms with Crippen molar-refractivity contribution in [2.24, 2.45) is 0 Å². The zero-order valence-electron chi connectivity index (χ0n) is 11.6. The van der Waals surface area contributed by atoms with Gasteiger partial charge in [0.05, 0.1) is 11.9 Å². The first-order chi connectivity index (χ1) is 9.31. The first kappa shape index (κ1) is 17.0. The number of nitrogens with one attached hydrogen (secondary N) is 2. The molecule has 20 heavy (non-hydrogen) atoms. The van der Waals surface area contributed by atoms with E-state index < -0.39 is 10.0 Å². The van der Waals surface area contributed by atoms with Crippen LogP contribution in [0.1, 0.15) is 24.8 Å². The van der Waals surface area contributed by atoms with Crippen LogP contribution in [0.4, 0.5) is 11.4 Å². The lowest BCUT2D eigenvalue weighted by Gasteiger charge is -2.10. The van der Waals surface area contributed by atoms with Crippen molar-refractivity contribution in [1.29, 1.82) is 0 Å². The lowest BCUT2D eigenvalue weighted by Crippen LogP contribution is -2.13. The third-order valence-electron chi connectivity index (χ3n) is 2.59. The number of hydrogen-bond donors (Lipinski definition) is 2. The molecule has 5 nitrogen and oxygen atoms in total. The van der Waals surface area contributed by atoms with Gasteiger partial charge < -0.3 is 5.32 Å². The number of alkyl halides is 1. The van der Waals surface area contributed by atoms with Crippen LogP contribution >= 0.6 is 15.9 Å². The molecule has 0 radical (unpaired) electrons. The van der Waals surface area contributed by atoms with E-state index >= 15 is 0 Å². The van der Waals surface area contributed by atoms with Crippen molar-refractivity contribution in [3.05, 3.63) is 23.8 Å². The fraction of sp³-hybridized carbons (Fsp3) is 0.462. The first-order valence-electron chi connectivity index (χ1n) is 6.26. The van der Waals surface area contributed by atoms with E-state index in [9.17, 15) is 13.2 Å². The van der Waals surface area contributed by atoms with Crippen LogP contribution in [0, 0.1) is 6.92 Å². The van der Waals surface area contributed by atoms with Gasteiger partial charge in [0, 0.05) is 17.4 Å². The number of benzene rings is 1. The highest BCUT2D eigenvalue weighted by molar-refractivity contribution is 9.09. The summed E-state index contributed by atoms with van der Waals surface area (Å²) in [5.74, 6) is -0.0332. The van der Waals surface area contributed by atoms with E-state index in [0.29, 0.717) is 17.8 Å². The molecular formula is C13H19BrN2O3S. The molecule has 1 rings (SSSR count). The summed E-state index contributed by atoms with van der Waals surface area (Å²) in [6, 6.07) is 5.07. The second-order valence-electron chi connectivity index (χ2n) is 4.60. The summed E-state index contributed by atoms with van der Waals surface area (Å²) in [6.07, 6.45) is 3.38. The number of carbonyl (C=O) groups is 1. The Morgan fingerprint density at radius 1 is 1.30 bits per heavy atom. The van der Waals surface area contributed by atoms with Gasteiger partial charge >= 0.3 is 0 Å². The number of aryl methyl sites for hydroxylation is 1. The number of halogens is 1. The minimum atomic E-state index is -3.29. The molecule has 0 unspecified atom stereocenters. The molecule has 0 aliphatic heterocycles. The van der Waals surface area contributed by atoms with Crippen LogP contribution in [0.3, 0.4) is 0 Å². The summed E-state index contributed by atoms with van der Waals surface area (Å²) >= 11 is 3.32. The smallest absolute Gasteiger partial charge is 0.229 e. The van der Waals surface area contributed by atoms with Crippen LogP contribution < -0.4 is 10.0 Å². The van der Waals surface area contributed by atoms with Crippen molar-refractivity contribution in [2.45, 2.75) is 26.2 Å². The summed E-state index contributed by atoms with van der Waals surface area (Å²) in [6.45, 7) is 1.79. The van der Waals surface area contributed by atoms with E-state index in [-0.39, 0.29) is 5.91 Å². The molecule has 7 heteroatoms. The zero-order chi connectivity index (χ0) is 15.2. The largest absolute Gasteiger partial charge is 0.326 e. The Kier molecular flexibility index (Phi) is 6.48. The highest BCUT2D eigenvalue weighted by Gasteiger charge is 2.07. The maximum Gasteiger partial charge on any atom is 0.229 e. The Hall–Kier alpha value is -1.08. The predicted octanol–water partition coefficient (Wildman–Crippen LogP) is 2.87. The Balaban J connectivity index is 2.65. The van der Waals surface area contributed by atoms with E-state index in [2.05, 4.69) is 26.0 Å². The second kappa shape index (κ2) is 7.64. The number of amides is 1. The fourth-order valence-corrected chi connectivity index (χ4v) is 2.68. The van der Waals surface area contributed by atoms with Crippen molar-refractivity contribution in [2.75, 3.05) is 21.6 Å². The van der Waals surface area contributed by atoms with E-state index in [1.807, 2.05) is 0 Å². The van der Waals surface area contributed by atoms with Crippen LogP contribution in [0.15, 0.2) is 18.2 Å². The molecule has 0 atom stereocenters. The molecule has 1 amide bonds. The first-order valence-corrected chi connectivity index (χ1v) is 9.27. The van der Waals surface area contributed by atoms with Gasteiger partial charge in [0.15, 0.2) is 0 Å². The molecule has 0 fully saturated rings. The highest BCUT2D eigenvalue weighted by Crippen LogP contribution is 2.20. The standard InChI is InChI=1S/C13H19BrN2O3S/c1-10-9-11(15-13(17)5-3-4-8-14)6-7-12(10)16-20(2,18)19/h6-7,9,16H,3-5,8H2,1-2H3,(H,15,17). The SMILES string of the molecule is Cc1cc(NC(=O)CCCCBr)ccc1NS(C)(=O)=O. The summed E-state index contributed by atoms with van der Waals surface area (Å²) < 4.78 is 24.8. The minimum absolute atomic E-state index is 0.0332. The van der Waals surface area contributed by atoms with Gasteiger partial charge in [-0.3, -0.25) is 9.52 Å². The highest BCUT2D eigenvalue weighted by atomic mass is 79.9. The molecule has 0 aromatic heterocycles. The van der Waals surface area contributed by atoms with E-state index in [0.717, 1.165) is 30.0 Å². The molecule has 0 spiro atoms. The van der Waals surface area contributed by atoms with E-state index in [1.54, 1.807) is 25.1 Å². The Bertz CT molecular complexity index is 573. The molecule has 0 aliphatic rings. The quantitative estimate of drug-likeness (QED) is 0.578. The van der Waals surface area contributed by atoms with Gasteiger partial charge in [-0.1, -0.05) is 15.9 Å². The monoisotopic (exact) mass is 362 g/mol. The van der Waals surface area contributed by atoms with Crippen molar-refractivity contribution in [3.63, 3.8) is 0 Å². The topological polar surface area (TPSA) is 75.3 Å². The van der Waals surface area contributed by atoms with E-state index in [1.165, 1.54) is 0 Å². The number of rotatable bonds is 7. The van der Waals surface area contributed by atoms with Gasteiger partial charge in [0.2, 0.25) is 15.9 Å². The summed E-state index contributed by atoms with van der Waals surface area (Å²) in [7, 11) is -3.29. The molecule has 0 heterocycles. The lowest BCUT2D eigenvalue weighted by molar-refractivity contribution is -0.116. The van der Waals surface area contributed by atoms with E-state index in [4.69, 9.17) is 0 Å². The Labute approximate surface area is 128 Å². The molecular weight excluding hydrogens is 344 g/mol. The Morgan fingerprint density at radius 3 is 2.55 bits per heavy atom. The van der Waals surface area contributed by atoms with Crippen LogP contribution in [0.25, 0.3) is 0 Å². The van der Waals surface area contributed by atoms with Gasteiger partial charge in [-0.25, -0.2) is 8.42 Å². The zero-order valence-corrected chi connectivity index (χ0v) is 14.0. The van der Waals surface area contributed by atoms with Gasteiger partial charge in [-0.2, -0.15) is 0 Å². The normalized spacial score (nSPS) is 11.2. The molecule has 0 aliphatic carbocycles. The summed E-state index contributed by atoms with van der Waals surface area (Å²) in [5.41, 5.74) is 1.95. The van der Waals surface area contributed by atoms with Gasteiger partial charge in [0.1, 0.15) is 0 Å². The minimum Gasteiger partial charge on any atom is -0.326 e. The number of anilines is 2. The van der Waals surface area contributed by atoms with Crippen molar-refractivity contribution < 1.29 is 13.2 Å². The predicted molar refractivity (Wildman–Crippen MR) is 85.9 cm³/mol. The molecule has 112 valence electrons. The molecule has 1 aromatic carbocycles. The number of carbonyl (C=O) groups excluding carboxylic acids is 1. The molecule has 1 aromatic rings. The van der Waals surface area contributed by atoms with Crippen molar-refractivity contribution >= 4 is 43.2 Å². The summed E-state index contributed by atoms with van der Waals surface area (Å²) in [4.78, 5) is 11.7. The van der Waals surface area contributed by atoms with Crippen LogP contribution in [0.2, 0.25) is 0 Å². The van der Waals surface area contributed by atoms with Gasteiger partial charge in [-0.05, 0) is 43.5 Å². The average molecular weight is 363 g/mol. The maximum atomic E-state index is 11.7. The van der Waals surface area contributed by atoms with Gasteiger partial charge in [0.25, 0.3) is 0 Å². The number of unbranched alkanes of at least 4 members (excludes halogenated alkanes) is 1. The second-order valence-corrected chi connectivity index (χ2v) is 7.14. The molecule has 0 saturated heterocycles. The third-order valence-corrected chi connectivity index (χ3v) is 3.74. The van der Waals surface area contributed by atoms with Crippen molar-refractivity contribution in [3.8, 4) is 0 Å². The molecule has 2 N–H and O–H groups in total. The Morgan fingerprint density at radius 2 is 2.00 bits per heavy atom. The molecule has 0 bridgehead atoms. The van der Waals surface area contributed by atoms with Crippen LogP contribution in [-0.4, -0.2) is 25.9 Å². The molecule has 0 saturated carbocycles. The third kappa shape index (κ3) is 6.38. The average Bonchev–Trinajstić information content (AvgIpc) is 2.31. The fourth-order valence-electron chi connectivity index (χ4n) is 1.66. The number of sulfonamides is 1. The maximum absolute atomic E-state index is 11.7. The lowest BCUT2D eigenvalue weighted by atomic mass is 10.1.